The fourth-order valence-electron chi connectivity index (χ4n) is 2.63. The van der Waals surface area contributed by atoms with Crippen molar-refractivity contribution < 1.29 is 14.6 Å². The van der Waals surface area contributed by atoms with Crippen LogP contribution in [0.1, 0.15) is 32.8 Å². The van der Waals surface area contributed by atoms with Crippen LogP contribution in [0.25, 0.3) is 0 Å². The molecule has 7 heteroatoms. The second-order valence-corrected chi connectivity index (χ2v) is 7.05. The minimum absolute atomic E-state index is 0.0944. The Hall–Kier alpha value is -1.60. The van der Waals surface area contributed by atoms with Gasteiger partial charge in [0, 0.05) is 37.9 Å². The number of carbonyl (C=O) groups is 1. The molecular weight excluding hydrogens is 296 g/mol. The highest BCUT2D eigenvalue weighted by molar-refractivity contribution is 5.68. The molecule has 1 aromatic heterocycles. The van der Waals surface area contributed by atoms with E-state index in [2.05, 4.69) is 10.4 Å². The number of carbonyl (C=O) groups excluding carboxylic acids is 1. The lowest BCUT2D eigenvalue weighted by Crippen LogP contribution is -2.36. The van der Waals surface area contributed by atoms with E-state index in [1.165, 1.54) is 0 Å². The average Bonchev–Trinajstić information content (AvgIpc) is 3.07. The first kappa shape index (κ1) is 17.7. The summed E-state index contributed by atoms with van der Waals surface area (Å²) < 4.78 is 7.14. The number of amides is 1. The third kappa shape index (κ3) is 5.84. The highest BCUT2D eigenvalue weighted by atomic mass is 16.6. The fourth-order valence-corrected chi connectivity index (χ4v) is 2.63. The third-order valence-corrected chi connectivity index (χ3v) is 3.72. The molecule has 1 aromatic rings. The van der Waals surface area contributed by atoms with Crippen LogP contribution in [0.4, 0.5) is 4.79 Å². The highest BCUT2D eigenvalue weighted by Gasteiger charge is 2.29. The van der Waals surface area contributed by atoms with Crippen LogP contribution in [-0.2, 0) is 17.8 Å². The standard InChI is InChI=1S/C16H28N4O3/c1-16(2,3)23-15(22)19-5-4-13(11-19)8-17-9-14-10-18-20(12-14)6-7-21/h10,12-13,17,21H,4-9,11H2,1-3H3. The van der Waals surface area contributed by atoms with Gasteiger partial charge in [-0.3, -0.25) is 4.68 Å². The first-order valence-corrected chi connectivity index (χ1v) is 8.18. The van der Waals surface area contributed by atoms with Crippen molar-refractivity contribution in [2.24, 2.45) is 5.92 Å². The average molecular weight is 324 g/mol. The predicted molar refractivity (Wildman–Crippen MR) is 86.9 cm³/mol. The Labute approximate surface area is 137 Å². The Morgan fingerprint density at radius 3 is 3.00 bits per heavy atom. The van der Waals surface area contributed by atoms with Gasteiger partial charge < -0.3 is 20.1 Å². The lowest BCUT2D eigenvalue weighted by molar-refractivity contribution is 0.0288. The van der Waals surface area contributed by atoms with Crippen molar-refractivity contribution in [2.45, 2.75) is 45.9 Å². The maximum atomic E-state index is 12.0. The molecule has 0 aromatic carbocycles. The second kappa shape index (κ2) is 7.79. The summed E-state index contributed by atoms with van der Waals surface area (Å²) in [5.74, 6) is 0.454. The number of ether oxygens (including phenoxy) is 1. The van der Waals surface area contributed by atoms with Crippen LogP contribution in [0, 0.1) is 5.92 Å². The van der Waals surface area contributed by atoms with Crippen LogP contribution in [0.5, 0.6) is 0 Å². The number of hydrogen-bond acceptors (Lipinski definition) is 5. The molecule has 1 unspecified atom stereocenters. The molecule has 130 valence electrons. The van der Waals surface area contributed by atoms with Crippen LogP contribution in [0.3, 0.4) is 0 Å². The lowest BCUT2D eigenvalue weighted by atomic mass is 10.1. The van der Waals surface area contributed by atoms with Gasteiger partial charge in [-0.2, -0.15) is 5.10 Å². The van der Waals surface area contributed by atoms with Gasteiger partial charge >= 0.3 is 6.09 Å². The monoisotopic (exact) mass is 324 g/mol. The molecule has 0 spiro atoms. The van der Waals surface area contributed by atoms with E-state index >= 15 is 0 Å². The van der Waals surface area contributed by atoms with E-state index in [4.69, 9.17) is 9.84 Å². The van der Waals surface area contributed by atoms with Crippen molar-refractivity contribution in [3.63, 3.8) is 0 Å². The number of nitrogens with one attached hydrogen (secondary N) is 1. The van der Waals surface area contributed by atoms with Crippen LogP contribution >= 0.6 is 0 Å². The molecule has 1 aliphatic heterocycles. The Morgan fingerprint density at radius 1 is 1.52 bits per heavy atom. The summed E-state index contributed by atoms with van der Waals surface area (Å²) in [7, 11) is 0. The van der Waals surface area contributed by atoms with E-state index in [0.717, 1.165) is 38.2 Å². The van der Waals surface area contributed by atoms with E-state index in [1.807, 2.05) is 33.2 Å². The number of nitrogens with zero attached hydrogens (tertiary/aromatic N) is 3. The highest BCUT2D eigenvalue weighted by Crippen LogP contribution is 2.19. The summed E-state index contributed by atoms with van der Waals surface area (Å²) in [4.78, 5) is 13.8. The Kier molecular flexibility index (Phi) is 6.01. The Bertz CT molecular complexity index is 510. The van der Waals surface area contributed by atoms with Gasteiger partial charge in [0.1, 0.15) is 5.60 Å². The van der Waals surface area contributed by atoms with E-state index in [-0.39, 0.29) is 12.7 Å². The third-order valence-electron chi connectivity index (χ3n) is 3.72. The first-order valence-electron chi connectivity index (χ1n) is 8.18. The second-order valence-electron chi connectivity index (χ2n) is 7.05. The summed E-state index contributed by atoms with van der Waals surface area (Å²) in [5.41, 5.74) is 0.655. The molecular formula is C16H28N4O3. The van der Waals surface area contributed by atoms with Gasteiger partial charge in [0.25, 0.3) is 0 Å². The molecule has 1 amide bonds. The van der Waals surface area contributed by atoms with Crippen molar-refractivity contribution >= 4 is 6.09 Å². The molecule has 0 saturated carbocycles. The van der Waals surface area contributed by atoms with E-state index in [1.54, 1.807) is 9.58 Å². The van der Waals surface area contributed by atoms with Crippen LogP contribution in [0.15, 0.2) is 12.4 Å². The van der Waals surface area contributed by atoms with E-state index < -0.39 is 5.60 Å². The number of likely N-dealkylation sites (tertiary alicyclic amines) is 1. The number of aliphatic hydroxyl groups excluding tert-OH is 1. The SMILES string of the molecule is CC(C)(C)OC(=O)N1CCC(CNCc2cnn(CCO)c2)C1. The normalized spacial score (nSPS) is 18.4. The zero-order valence-corrected chi connectivity index (χ0v) is 14.3. The predicted octanol–water partition coefficient (Wildman–Crippen LogP) is 1.22. The Morgan fingerprint density at radius 2 is 2.30 bits per heavy atom. The minimum atomic E-state index is -0.442. The summed E-state index contributed by atoms with van der Waals surface area (Å²) in [5, 5.41) is 16.5. The molecule has 1 fully saturated rings. The van der Waals surface area contributed by atoms with Gasteiger partial charge in [-0.05, 0) is 33.1 Å². The molecule has 1 atom stereocenters. The molecule has 2 heterocycles. The summed E-state index contributed by atoms with van der Waals surface area (Å²) >= 11 is 0. The van der Waals surface area contributed by atoms with Crippen LogP contribution in [-0.4, -0.2) is 57.7 Å². The lowest BCUT2D eigenvalue weighted by Gasteiger charge is -2.24. The van der Waals surface area contributed by atoms with Crippen LogP contribution < -0.4 is 5.32 Å². The zero-order valence-electron chi connectivity index (χ0n) is 14.3. The van der Waals surface area contributed by atoms with Gasteiger partial charge in [-0.1, -0.05) is 0 Å². The molecule has 1 saturated heterocycles. The topological polar surface area (TPSA) is 79.6 Å². The van der Waals surface area contributed by atoms with Gasteiger partial charge in [0.05, 0.1) is 19.3 Å². The van der Waals surface area contributed by atoms with Gasteiger partial charge in [-0.25, -0.2) is 4.79 Å². The maximum Gasteiger partial charge on any atom is 0.410 e. The molecule has 0 aliphatic carbocycles. The van der Waals surface area contributed by atoms with E-state index in [0.29, 0.717) is 12.5 Å². The first-order chi connectivity index (χ1) is 10.9. The number of aliphatic hydroxyl groups is 1. The number of hydrogen-bond donors (Lipinski definition) is 2. The zero-order chi connectivity index (χ0) is 16.9. The van der Waals surface area contributed by atoms with E-state index in [9.17, 15) is 4.79 Å². The number of rotatable bonds is 6. The summed E-state index contributed by atoms with van der Waals surface area (Å²) in [6.07, 6.45) is 4.52. The van der Waals surface area contributed by atoms with Crippen molar-refractivity contribution in [3.8, 4) is 0 Å². The molecule has 7 nitrogen and oxygen atoms in total. The minimum Gasteiger partial charge on any atom is -0.444 e. The van der Waals surface area contributed by atoms with Crippen molar-refractivity contribution in [2.75, 3.05) is 26.2 Å². The maximum absolute atomic E-state index is 12.0. The van der Waals surface area contributed by atoms with Crippen LogP contribution in [0.2, 0.25) is 0 Å². The Balaban J connectivity index is 1.68. The molecule has 2 rings (SSSR count). The molecule has 0 bridgehead atoms. The summed E-state index contributed by atoms with van der Waals surface area (Å²) in [6, 6.07) is 0. The molecule has 0 radical (unpaired) electrons. The molecule has 23 heavy (non-hydrogen) atoms. The quantitative estimate of drug-likeness (QED) is 0.822. The fraction of sp³-hybridized carbons (Fsp3) is 0.750. The van der Waals surface area contributed by atoms with Crippen molar-refractivity contribution in [3.05, 3.63) is 18.0 Å². The van der Waals surface area contributed by atoms with Crippen molar-refractivity contribution in [1.82, 2.24) is 20.0 Å². The summed E-state index contributed by atoms with van der Waals surface area (Å²) in [6.45, 7) is 9.38. The van der Waals surface area contributed by atoms with Gasteiger partial charge in [-0.15, -0.1) is 0 Å². The van der Waals surface area contributed by atoms with Gasteiger partial charge in [0.2, 0.25) is 0 Å². The number of aromatic nitrogens is 2. The largest absolute Gasteiger partial charge is 0.444 e. The van der Waals surface area contributed by atoms with Crippen molar-refractivity contribution in [1.29, 1.82) is 0 Å². The van der Waals surface area contributed by atoms with Gasteiger partial charge in [0.15, 0.2) is 0 Å². The smallest absolute Gasteiger partial charge is 0.410 e. The molecule has 1 aliphatic rings. The molecule has 2 N–H and O–H groups in total.